The summed E-state index contributed by atoms with van der Waals surface area (Å²) in [6.45, 7) is 3.73. The van der Waals surface area contributed by atoms with Crippen LogP contribution in [0.5, 0.6) is 5.75 Å². The number of methoxy groups -OCH3 is 1. The van der Waals surface area contributed by atoms with E-state index in [1.54, 1.807) is 18.2 Å². The van der Waals surface area contributed by atoms with Gasteiger partial charge in [0.15, 0.2) is 17.4 Å². The van der Waals surface area contributed by atoms with E-state index in [0.717, 1.165) is 37.1 Å². The first-order chi connectivity index (χ1) is 15.4. The van der Waals surface area contributed by atoms with Gasteiger partial charge in [-0.2, -0.15) is 4.39 Å². The first-order valence-corrected chi connectivity index (χ1v) is 10.1. The predicted octanol–water partition coefficient (Wildman–Crippen LogP) is 7.86. The summed E-state index contributed by atoms with van der Waals surface area (Å²) < 4.78 is 62.5. The summed E-state index contributed by atoms with van der Waals surface area (Å²) >= 11 is 0. The van der Waals surface area contributed by atoms with Gasteiger partial charge in [-0.15, -0.1) is 6.58 Å². The highest BCUT2D eigenvalue weighted by atomic mass is 19.2. The average molecular weight is 436 g/mol. The van der Waals surface area contributed by atoms with Gasteiger partial charge in [-0.3, -0.25) is 0 Å². The van der Waals surface area contributed by atoms with Crippen LogP contribution in [0.2, 0.25) is 0 Å². The Morgan fingerprint density at radius 2 is 1.50 bits per heavy atom. The van der Waals surface area contributed by atoms with Gasteiger partial charge in [0.05, 0.1) is 7.11 Å². The van der Waals surface area contributed by atoms with Gasteiger partial charge < -0.3 is 4.74 Å². The lowest BCUT2D eigenvalue weighted by Gasteiger charge is -2.12. The zero-order chi connectivity index (χ0) is 22.8. The van der Waals surface area contributed by atoms with E-state index in [1.165, 1.54) is 11.6 Å². The van der Waals surface area contributed by atoms with Crippen LogP contribution in [-0.2, 0) is 6.42 Å². The molecule has 0 spiro atoms. The van der Waals surface area contributed by atoms with E-state index < -0.39 is 34.6 Å². The Hall–Kier alpha value is -3.60. The Bertz CT molecular complexity index is 1310. The number of rotatable bonds is 6. The van der Waals surface area contributed by atoms with Gasteiger partial charge in [0, 0.05) is 16.5 Å². The molecule has 4 aromatic carbocycles. The molecule has 0 aliphatic carbocycles. The molecule has 0 fully saturated rings. The zero-order valence-corrected chi connectivity index (χ0v) is 17.4. The van der Waals surface area contributed by atoms with Crippen molar-refractivity contribution in [3.8, 4) is 28.0 Å². The van der Waals surface area contributed by atoms with Crippen LogP contribution in [0, 0.1) is 23.3 Å². The molecule has 0 N–H and O–H groups in total. The second-order valence-electron chi connectivity index (χ2n) is 7.45. The van der Waals surface area contributed by atoms with E-state index in [4.69, 9.17) is 0 Å². The second kappa shape index (κ2) is 8.87. The van der Waals surface area contributed by atoms with Crippen LogP contribution in [0.4, 0.5) is 17.6 Å². The van der Waals surface area contributed by atoms with Crippen molar-refractivity contribution in [2.45, 2.75) is 12.8 Å². The molecule has 0 heterocycles. The Balaban J connectivity index is 1.74. The third kappa shape index (κ3) is 3.86. The highest BCUT2D eigenvalue weighted by Crippen LogP contribution is 2.36. The van der Waals surface area contributed by atoms with Crippen LogP contribution in [0.25, 0.3) is 33.0 Å². The smallest absolute Gasteiger partial charge is 0.204 e. The van der Waals surface area contributed by atoms with E-state index in [9.17, 15) is 13.2 Å². The molecule has 1 nitrogen and oxygen atoms in total. The van der Waals surface area contributed by atoms with Crippen LogP contribution >= 0.6 is 0 Å². The maximum atomic E-state index is 15.2. The molecule has 0 saturated heterocycles. The van der Waals surface area contributed by atoms with Gasteiger partial charge >= 0.3 is 0 Å². The van der Waals surface area contributed by atoms with Crippen LogP contribution in [-0.4, -0.2) is 7.11 Å². The molecule has 0 aliphatic heterocycles. The molecule has 0 amide bonds. The van der Waals surface area contributed by atoms with Gasteiger partial charge in [0.2, 0.25) is 5.82 Å². The maximum absolute atomic E-state index is 15.2. The quantitative estimate of drug-likeness (QED) is 0.170. The van der Waals surface area contributed by atoms with Gasteiger partial charge in [-0.05, 0) is 47.1 Å². The average Bonchev–Trinajstić information content (AvgIpc) is 2.81. The lowest BCUT2D eigenvalue weighted by Crippen LogP contribution is -2.00. The third-order valence-electron chi connectivity index (χ3n) is 5.49. The minimum absolute atomic E-state index is 0.227. The lowest BCUT2D eigenvalue weighted by atomic mass is 9.96. The summed E-state index contributed by atoms with van der Waals surface area (Å²) in [7, 11) is 1.03. The highest BCUT2D eigenvalue weighted by Gasteiger charge is 2.23. The third-order valence-corrected chi connectivity index (χ3v) is 5.49. The summed E-state index contributed by atoms with van der Waals surface area (Å²) in [6.07, 6.45) is 3.69. The number of benzene rings is 4. The number of ether oxygens (including phenoxy) is 1. The van der Waals surface area contributed by atoms with Crippen molar-refractivity contribution >= 4 is 10.8 Å². The van der Waals surface area contributed by atoms with Gasteiger partial charge in [-0.1, -0.05) is 54.6 Å². The highest BCUT2D eigenvalue weighted by molar-refractivity contribution is 5.91. The Morgan fingerprint density at radius 1 is 0.781 bits per heavy atom. The van der Waals surface area contributed by atoms with Crippen molar-refractivity contribution in [1.29, 1.82) is 0 Å². The van der Waals surface area contributed by atoms with E-state index in [1.807, 2.05) is 36.4 Å². The summed E-state index contributed by atoms with van der Waals surface area (Å²) in [4.78, 5) is 0. The monoisotopic (exact) mass is 436 g/mol. The molecular formula is C27H20F4O. The fourth-order valence-corrected chi connectivity index (χ4v) is 3.77. The molecule has 4 rings (SSSR count). The molecule has 0 atom stereocenters. The van der Waals surface area contributed by atoms with E-state index in [2.05, 4.69) is 11.3 Å². The van der Waals surface area contributed by atoms with Gasteiger partial charge in [0.1, 0.15) is 5.82 Å². The van der Waals surface area contributed by atoms with Crippen LogP contribution in [0.1, 0.15) is 12.0 Å². The van der Waals surface area contributed by atoms with Gasteiger partial charge in [-0.25, -0.2) is 13.2 Å². The fourth-order valence-electron chi connectivity index (χ4n) is 3.77. The molecule has 5 heteroatoms. The van der Waals surface area contributed by atoms with E-state index in [-0.39, 0.29) is 10.9 Å². The molecule has 0 saturated carbocycles. The molecule has 0 radical (unpaired) electrons. The molecular weight excluding hydrogens is 416 g/mol. The van der Waals surface area contributed by atoms with Crippen molar-refractivity contribution in [3.63, 3.8) is 0 Å². The molecule has 0 unspecified atom stereocenters. The standard InChI is InChI=1S/C27H20F4O/c1-3-4-5-16-6-8-17(9-7-16)18-10-12-20-19(14-18)11-13-21(24(20)29)22-15-23(28)27(32-2)26(31)25(22)30/h3,6-15H,1,4-5H2,2H3. The first kappa shape index (κ1) is 21.6. The summed E-state index contributed by atoms with van der Waals surface area (Å²) in [5.41, 5.74) is 2.34. The lowest BCUT2D eigenvalue weighted by molar-refractivity contribution is 0.347. The number of aryl methyl sites for hydroxylation is 1. The molecule has 4 aromatic rings. The van der Waals surface area contributed by atoms with Crippen LogP contribution in [0.15, 0.2) is 73.3 Å². The topological polar surface area (TPSA) is 9.23 Å². The Kier molecular flexibility index (Phi) is 5.99. The molecule has 162 valence electrons. The number of allylic oxidation sites excluding steroid dienone is 1. The fraction of sp³-hybridized carbons (Fsp3) is 0.111. The van der Waals surface area contributed by atoms with Gasteiger partial charge in [0.25, 0.3) is 0 Å². The maximum Gasteiger partial charge on any atom is 0.204 e. The molecule has 0 aliphatic rings. The number of halogens is 4. The second-order valence-corrected chi connectivity index (χ2v) is 7.45. The Labute approximate surface area is 183 Å². The van der Waals surface area contributed by atoms with E-state index >= 15 is 4.39 Å². The van der Waals surface area contributed by atoms with Crippen molar-refractivity contribution in [2.24, 2.45) is 0 Å². The van der Waals surface area contributed by atoms with Crippen molar-refractivity contribution in [3.05, 3.63) is 102 Å². The normalized spacial score (nSPS) is 11.0. The van der Waals surface area contributed by atoms with Crippen molar-refractivity contribution < 1.29 is 22.3 Å². The van der Waals surface area contributed by atoms with Crippen LogP contribution < -0.4 is 4.74 Å². The molecule has 0 aromatic heterocycles. The summed E-state index contributed by atoms with van der Waals surface area (Å²) in [6, 6.07) is 16.9. The SMILES string of the molecule is C=CCCc1ccc(-c2ccc3c(F)c(-c4cc(F)c(OC)c(F)c4F)ccc3c2)cc1. The number of hydrogen-bond acceptors (Lipinski definition) is 1. The number of hydrogen-bond donors (Lipinski definition) is 0. The molecule has 0 bridgehead atoms. The largest absolute Gasteiger partial charge is 0.491 e. The summed E-state index contributed by atoms with van der Waals surface area (Å²) in [5.74, 6) is -5.55. The number of fused-ring (bicyclic) bond motifs is 1. The zero-order valence-electron chi connectivity index (χ0n) is 17.4. The van der Waals surface area contributed by atoms with E-state index in [0.29, 0.717) is 5.39 Å². The Morgan fingerprint density at radius 3 is 2.19 bits per heavy atom. The summed E-state index contributed by atoms with van der Waals surface area (Å²) in [5, 5.41) is 0.819. The van der Waals surface area contributed by atoms with Crippen LogP contribution in [0.3, 0.4) is 0 Å². The van der Waals surface area contributed by atoms with Crippen molar-refractivity contribution in [1.82, 2.24) is 0 Å². The minimum atomic E-state index is -1.49. The first-order valence-electron chi connectivity index (χ1n) is 10.1. The predicted molar refractivity (Wildman–Crippen MR) is 120 cm³/mol. The van der Waals surface area contributed by atoms with Crippen molar-refractivity contribution in [2.75, 3.05) is 7.11 Å². The molecule has 32 heavy (non-hydrogen) atoms. The minimum Gasteiger partial charge on any atom is -0.491 e.